The molecule has 1 aliphatic rings. The van der Waals surface area contributed by atoms with Gasteiger partial charge in [-0.05, 0) is 63.4 Å². The minimum Gasteiger partial charge on any atom is -0.453 e. The topological polar surface area (TPSA) is 61.8 Å². The maximum Gasteiger partial charge on any atom is 0.191 e. The van der Waals surface area contributed by atoms with E-state index in [1.54, 1.807) is 30.6 Å². The van der Waals surface area contributed by atoms with Crippen LogP contribution in [0.1, 0.15) is 39.2 Å². The van der Waals surface area contributed by atoms with Crippen LogP contribution in [0.5, 0.6) is 11.5 Å². The Balaban J connectivity index is 0.00000341. The lowest BCUT2D eigenvalue weighted by Crippen LogP contribution is -2.49. The second-order valence-corrected chi connectivity index (χ2v) is 7.80. The van der Waals surface area contributed by atoms with E-state index in [0.717, 1.165) is 44.0 Å². The normalized spacial score (nSPS) is 15.5. The van der Waals surface area contributed by atoms with Crippen LogP contribution in [0.3, 0.4) is 0 Å². The van der Waals surface area contributed by atoms with Gasteiger partial charge < -0.3 is 20.3 Å². The summed E-state index contributed by atoms with van der Waals surface area (Å²) in [6.45, 7) is 9.89. The van der Waals surface area contributed by atoms with E-state index in [0.29, 0.717) is 24.4 Å². The van der Waals surface area contributed by atoms with Crippen molar-refractivity contribution in [3.05, 3.63) is 54.1 Å². The second-order valence-electron chi connectivity index (χ2n) is 7.80. The van der Waals surface area contributed by atoms with Crippen molar-refractivity contribution < 1.29 is 9.13 Å². The summed E-state index contributed by atoms with van der Waals surface area (Å²) in [5.41, 5.74) is 0.790. The smallest absolute Gasteiger partial charge is 0.191 e. The minimum absolute atomic E-state index is 0. The molecular weight excluding hydrogens is 508 g/mol. The molecule has 170 valence electrons. The number of likely N-dealkylation sites (tertiary alicyclic amines) is 1. The van der Waals surface area contributed by atoms with Crippen molar-refractivity contribution >= 4 is 29.9 Å². The van der Waals surface area contributed by atoms with Crippen LogP contribution in [0.15, 0.2) is 47.7 Å². The fourth-order valence-electron chi connectivity index (χ4n) is 3.50. The number of rotatable bonds is 7. The van der Waals surface area contributed by atoms with E-state index in [1.165, 1.54) is 6.07 Å². The fraction of sp³-hybridized carbons (Fsp3) is 0.478. The number of piperidine rings is 1. The lowest BCUT2D eigenvalue weighted by Gasteiger charge is -2.35. The van der Waals surface area contributed by atoms with Gasteiger partial charge in [-0.1, -0.05) is 6.07 Å². The van der Waals surface area contributed by atoms with Gasteiger partial charge in [0.05, 0.1) is 12.7 Å². The molecule has 0 spiro atoms. The first kappa shape index (κ1) is 25.3. The first-order valence-electron chi connectivity index (χ1n) is 10.7. The third-order valence-corrected chi connectivity index (χ3v) is 5.22. The van der Waals surface area contributed by atoms with Crippen molar-refractivity contribution in [2.75, 3.05) is 19.6 Å². The highest BCUT2D eigenvalue weighted by Crippen LogP contribution is 2.24. The van der Waals surface area contributed by atoms with E-state index in [1.807, 2.05) is 13.0 Å². The molecule has 31 heavy (non-hydrogen) atoms. The van der Waals surface area contributed by atoms with Crippen LogP contribution in [-0.4, -0.2) is 47.6 Å². The molecule has 0 aliphatic carbocycles. The molecule has 6 nitrogen and oxygen atoms in total. The van der Waals surface area contributed by atoms with Crippen molar-refractivity contribution in [3.8, 4) is 11.5 Å². The summed E-state index contributed by atoms with van der Waals surface area (Å²) in [4.78, 5) is 11.1. The van der Waals surface area contributed by atoms with Gasteiger partial charge in [-0.2, -0.15) is 0 Å². The number of halogens is 2. The molecular formula is C23H33FIN5O. The number of nitrogens with zero attached hydrogens (tertiary/aromatic N) is 3. The molecule has 0 radical (unpaired) electrons. The Morgan fingerprint density at radius 1 is 1.29 bits per heavy atom. The summed E-state index contributed by atoms with van der Waals surface area (Å²) in [7, 11) is 0. The van der Waals surface area contributed by atoms with Crippen LogP contribution in [-0.2, 0) is 6.54 Å². The predicted octanol–water partition coefficient (Wildman–Crippen LogP) is 4.56. The van der Waals surface area contributed by atoms with E-state index in [2.05, 4.69) is 39.4 Å². The standard InChI is InChI=1S/C23H32FN5O.HI/c1-4-26-23(28-19-9-12-29(13-10-19)17(2)3)27-15-18-7-8-22(21(24)14-18)30-20-6-5-11-25-16-20;/h5-8,11,14,16-17,19H,4,9-10,12-13,15H2,1-3H3,(H2,26,27,28);1H. The Morgan fingerprint density at radius 2 is 2.06 bits per heavy atom. The van der Waals surface area contributed by atoms with Gasteiger partial charge in [-0.3, -0.25) is 4.98 Å². The number of guanidine groups is 1. The Labute approximate surface area is 201 Å². The van der Waals surface area contributed by atoms with Gasteiger partial charge in [0.25, 0.3) is 0 Å². The first-order chi connectivity index (χ1) is 14.5. The molecule has 0 unspecified atom stereocenters. The number of aliphatic imine (C=N–C) groups is 1. The van der Waals surface area contributed by atoms with E-state index in [9.17, 15) is 4.39 Å². The van der Waals surface area contributed by atoms with Crippen LogP contribution in [0, 0.1) is 5.82 Å². The SMILES string of the molecule is CCNC(=NCc1ccc(Oc2cccnc2)c(F)c1)NC1CCN(C(C)C)CC1.I. The summed E-state index contributed by atoms with van der Waals surface area (Å²) < 4.78 is 20.0. The molecule has 0 atom stereocenters. The molecule has 0 bridgehead atoms. The van der Waals surface area contributed by atoms with Crippen LogP contribution in [0.25, 0.3) is 0 Å². The number of hydrogen-bond acceptors (Lipinski definition) is 4. The lowest BCUT2D eigenvalue weighted by atomic mass is 10.0. The zero-order valence-corrected chi connectivity index (χ0v) is 20.8. The van der Waals surface area contributed by atoms with Crippen LogP contribution in [0.4, 0.5) is 4.39 Å². The van der Waals surface area contributed by atoms with E-state index < -0.39 is 5.82 Å². The number of nitrogens with one attached hydrogen (secondary N) is 2. The van der Waals surface area contributed by atoms with Gasteiger partial charge >= 0.3 is 0 Å². The number of aromatic nitrogens is 1. The lowest BCUT2D eigenvalue weighted by molar-refractivity contribution is 0.167. The quantitative estimate of drug-likeness (QED) is 0.306. The summed E-state index contributed by atoms with van der Waals surface area (Å²) in [6.07, 6.45) is 5.39. The zero-order chi connectivity index (χ0) is 21.3. The van der Waals surface area contributed by atoms with Gasteiger partial charge in [-0.15, -0.1) is 24.0 Å². The Hall–Kier alpha value is -1.94. The highest BCUT2D eigenvalue weighted by Gasteiger charge is 2.21. The molecule has 0 amide bonds. The maximum absolute atomic E-state index is 14.5. The highest BCUT2D eigenvalue weighted by atomic mass is 127. The molecule has 8 heteroatoms. The van der Waals surface area contributed by atoms with Gasteiger partial charge in [0.1, 0.15) is 5.75 Å². The Morgan fingerprint density at radius 3 is 2.68 bits per heavy atom. The van der Waals surface area contributed by atoms with Gasteiger partial charge in [0.15, 0.2) is 17.5 Å². The molecule has 1 fully saturated rings. The molecule has 2 aromatic rings. The van der Waals surface area contributed by atoms with Crippen molar-refractivity contribution in [2.45, 2.75) is 52.2 Å². The average molecular weight is 541 g/mol. The summed E-state index contributed by atoms with van der Waals surface area (Å²) >= 11 is 0. The van der Waals surface area contributed by atoms with E-state index in [4.69, 9.17) is 4.74 Å². The summed E-state index contributed by atoms with van der Waals surface area (Å²) in [5, 5.41) is 6.82. The first-order valence-corrected chi connectivity index (χ1v) is 10.7. The number of hydrogen-bond donors (Lipinski definition) is 2. The second kappa shape index (κ2) is 12.8. The fourth-order valence-corrected chi connectivity index (χ4v) is 3.50. The van der Waals surface area contributed by atoms with Crippen molar-refractivity contribution in [1.82, 2.24) is 20.5 Å². The number of ether oxygens (including phenoxy) is 1. The van der Waals surface area contributed by atoms with Gasteiger partial charge in [0, 0.05) is 37.9 Å². The molecule has 1 aliphatic heterocycles. The van der Waals surface area contributed by atoms with Gasteiger partial charge in [-0.25, -0.2) is 9.38 Å². The number of benzene rings is 1. The third-order valence-electron chi connectivity index (χ3n) is 5.22. The van der Waals surface area contributed by atoms with Crippen LogP contribution in [0.2, 0.25) is 0 Å². The maximum atomic E-state index is 14.5. The molecule has 3 rings (SSSR count). The predicted molar refractivity (Wildman–Crippen MR) is 134 cm³/mol. The third kappa shape index (κ3) is 7.92. The van der Waals surface area contributed by atoms with E-state index in [-0.39, 0.29) is 29.7 Å². The van der Waals surface area contributed by atoms with Crippen molar-refractivity contribution in [2.24, 2.45) is 4.99 Å². The Kier molecular flexibility index (Phi) is 10.5. The van der Waals surface area contributed by atoms with Crippen LogP contribution >= 0.6 is 24.0 Å². The highest BCUT2D eigenvalue weighted by molar-refractivity contribution is 14.0. The van der Waals surface area contributed by atoms with Gasteiger partial charge in [0.2, 0.25) is 0 Å². The molecule has 2 heterocycles. The average Bonchev–Trinajstić information content (AvgIpc) is 2.75. The molecule has 1 aromatic carbocycles. The van der Waals surface area contributed by atoms with E-state index >= 15 is 0 Å². The molecule has 1 saturated heterocycles. The monoisotopic (exact) mass is 541 g/mol. The number of pyridine rings is 1. The molecule has 1 aromatic heterocycles. The zero-order valence-electron chi connectivity index (χ0n) is 18.5. The van der Waals surface area contributed by atoms with Crippen LogP contribution < -0.4 is 15.4 Å². The minimum atomic E-state index is -0.412. The summed E-state index contributed by atoms with van der Waals surface area (Å²) in [5.74, 6) is 1.05. The largest absolute Gasteiger partial charge is 0.453 e. The Bertz CT molecular complexity index is 826. The molecule has 2 N–H and O–H groups in total. The molecule has 0 saturated carbocycles. The summed E-state index contributed by atoms with van der Waals surface area (Å²) in [6, 6.07) is 9.43. The van der Waals surface area contributed by atoms with Crippen molar-refractivity contribution in [3.63, 3.8) is 0 Å². The van der Waals surface area contributed by atoms with Crippen molar-refractivity contribution in [1.29, 1.82) is 0 Å².